The van der Waals surface area contributed by atoms with Crippen LogP contribution >= 0.6 is 11.6 Å². The highest BCUT2D eigenvalue weighted by Gasteiger charge is 2.16. The zero-order valence-electron chi connectivity index (χ0n) is 13.4. The summed E-state index contributed by atoms with van der Waals surface area (Å²) in [5, 5.41) is 3.33. The van der Waals surface area contributed by atoms with E-state index in [1.165, 1.54) is 11.8 Å². The summed E-state index contributed by atoms with van der Waals surface area (Å²) in [6, 6.07) is 12.6. The first-order valence-electron chi connectivity index (χ1n) is 7.27. The van der Waals surface area contributed by atoms with Gasteiger partial charge in [-0.3, -0.25) is 9.59 Å². The molecule has 0 bridgehead atoms. The van der Waals surface area contributed by atoms with E-state index >= 15 is 0 Å². The van der Waals surface area contributed by atoms with Crippen molar-refractivity contribution in [2.24, 2.45) is 0 Å². The summed E-state index contributed by atoms with van der Waals surface area (Å²) in [6.45, 7) is 5.35. The van der Waals surface area contributed by atoms with Crippen LogP contribution in [-0.4, -0.2) is 18.4 Å². The van der Waals surface area contributed by atoms with Crippen LogP contribution < -0.4 is 10.2 Å². The van der Waals surface area contributed by atoms with E-state index < -0.39 is 0 Å². The number of rotatable bonds is 4. The van der Waals surface area contributed by atoms with Crippen LogP contribution in [0.5, 0.6) is 0 Å². The van der Waals surface area contributed by atoms with E-state index in [2.05, 4.69) is 5.32 Å². The lowest BCUT2D eigenvalue weighted by molar-refractivity contribution is -0.120. The predicted octanol–water partition coefficient (Wildman–Crippen LogP) is 3.95. The van der Waals surface area contributed by atoms with E-state index in [-0.39, 0.29) is 18.4 Å². The predicted molar refractivity (Wildman–Crippen MR) is 94.0 cm³/mol. The van der Waals surface area contributed by atoms with Gasteiger partial charge in [0.15, 0.2) is 0 Å². The number of carbonyl (C=O) groups excluding carboxylic acids is 2. The van der Waals surface area contributed by atoms with Gasteiger partial charge in [-0.1, -0.05) is 23.7 Å². The fraction of sp³-hybridized carbons (Fsp3) is 0.222. The van der Waals surface area contributed by atoms with Crippen molar-refractivity contribution in [3.05, 3.63) is 58.6 Å². The Bertz CT molecular complexity index is 744. The highest BCUT2D eigenvalue weighted by Crippen LogP contribution is 2.20. The number of amides is 2. The number of hydrogen-bond donors (Lipinski definition) is 1. The fourth-order valence-corrected chi connectivity index (χ4v) is 2.38. The molecule has 0 saturated heterocycles. The van der Waals surface area contributed by atoms with Crippen molar-refractivity contribution < 1.29 is 9.59 Å². The van der Waals surface area contributed by atoms with Crippen LogP contribution in [0.1, 0.15) is 18.1 Å². The first kappa shape index (κ1) is 17.0. The van der Waals surface area contributed by atoms with Gasteiger partial charge in [-0.2, -0.15) is 0 Å². The molecule has 23 heavy (non-hydrogen) atoms. The summed E-state index contributed by atoms with van der Waals surface area (Å²) in [5.41, 5.74) is 3.57. The first-order chi connectivity index (χ1) is 10.9. The summed E-state index contributed by atoms with van der Waals surface area (Å²) in [5.74, 6) is -0.481. The Labute approximate surface area is 141 Å². The summed E-state index contributed by atoms with van der Waals surface area (Å²) in [6.07, 6.45) is 0. The van der Waals surface area contributed by atoms with Crippen LogP contribution in [0.3, 0.4) is 0 Å². The normalized spacial score (nSPS) is 10.3. The molecule has 4 nitrogen and oxygen atoms in total. The number of carbonyl (C=O) groups is 2. The topological polar surface area (TPSA) is 49.4 Å². The van der Waals surface area contributed by atoms with Crippen molar-refractivity contribution in [1.29, 1.82) is 0 Å². The molecule has 0 heterocycles. The molecule has 1 N–H and O–H groups in total. The van der Waals surface area contributed by atoms with E-state index in [4.69, 9.17) is 11.6 Å². The molecule has 2 aromatic carbocycles. The van der Waals surface area contributed by atoms with Gasteiger partial charge >= 0.3 is 0 Å². The van der Waals surface area contributed by atoms with Crippen molar-refractivity contribution in [1.82, 2.24) is 0 Å². The lowest BCUT2D eigenvalue weighted by atomic mass is 10.1. The maximum atomic E-state index is 12.2. The zero-order valence-corrected chi connectivity index (χ0v) is 14.1. The Morgan fingerprint density at radius 3 is 2.43 bits per heavy atom. The minimum absolute atomic E-state index is 0.0669. The molecule has 2 amide bonds. The SMILES string of the molecule is CC(=O)N(CC(=O)Nc1ccc(C)c(C)c1)c1cccc(Cl)c1. The molecule has 0 fully saturated rings. The number of benzene rings is 2. The molecule has 0 saturated carbocycles. The van der Waals surface area contributed by atoms with Crippen molar-refractivity contribution in [2.45, 2.75) is 20.8 Å². The molecule has 2 rings (SSSR count). The molecule has 0 unspecified atom stereocenters. The molecule has 0 radical (unpaired) electrons. The van der Waals surface area contributed by atoms with Crippen LogP contribution in [0.4, 0.5) is 11.4 Å². The van der Waals surface area contributed by atoms with E-state index in [1.807, 2.05) is 32.0 Å². The number of aryl methyl sites for hydroxylation is 2. The smallest absolute Gasteiger partial charge is 0.244 e. The average Bonchev–Trinajstić information content (AvgIpc) is 2.48. The van der Waals surface area contributed by atoms with Gasteiger partial charge < -0.3 is 10.2 Å². The van der Waals surface area contributed by atoms with E-state index in [1.54, 1.807) is 24.3 Å². The Balaban J connectivity index is 2.12. The summed E-state index contributed by atoms with van der Waals surface area (Å²) in [7, 11) is 0. The number of nitrogens with zero attached hydrogens (tertiary/aromatic N) is 1. The summed E-state index contributed by atoms with van der Waals surface area (Å²) < 4.78 is 0. The molecule has 5 heteroatoms. The van der Waals surface area contributed by atoms with Crippen LogP contribution in [0.25, 0.3) is 0 Å². The molecule has 0 aliphatic rings. The number of hydrogen-bond acceptors (Lipinski definition) is 2. The molecular weight excluding hydrogens is 312 g/mol. The maximum Gasteiger partial charge on any atom is 0.244 e. The first-order valence-corrected chi connectivity index (χ1v) is 7.65. The molecule has 0 aliphatic heterocycles. The van der Waals surface area contributed by atoms with Crippen LogP contribution in [0.2, 0.25) is 5.02 Å². The molecule has 0 atom stereocenters. The highest BCUT2D eigenvalue weighted by molar-refractivity contribution is 6.31. The molecule has 120 valence electrons. The average molecular weight is 331 g/mol. The molecular formula is C18H19ClN2O2. The second-order valence-corrected chi connectivity index (χ2v) is 5.87. The number of nitrogens with one attached hydrogen (secondary N) is 1. The lowest BCUT2D eigenvalue weighted by Gasteiger charge is -2.21. The molecule has 0 aliphatic carbocycles. The second kappa shape index (κ2) is 7.29. The third-order valence-electron chi connectivity index (χ3n) is 3.59. The van der Waals surface area contributed by atoms with Crippen molar-refractivity contribution >= 4 is 34.8 Å². The quantitative estimate of drug-likeness (QED) is 0.922. The monoisotopic (exact) mass is 330 g/mol. The third kappa shape index (κ3) is 4.57. The Kier molecular flexibility index (Phi) is 5.40. The van der Waals surface area contributed by atoms with E-state index in [0.29, 0.717) is 16.4 Å². The fourth-order valence-electron chi connectivity index (χ4n) is 2.19. The summed E-state index contributed by atoms with van der Waals surface area (Å²) in [4.78, 5) is 25.5. The summed E-state index contributed by atoms with van der Waals surface area (Å²) >= 11 is 5.95. The Morgan fingerprint density at radius 1 is 1.09 bits per heavy atom. The van der Waals surface area contributed by atoms with Gasteiger partial charge in [0, 0.05) is 23.3 Å². The van der Waals surface area contributed by atoms with Crippen LogP contribution in [0.15, 0.2) is 42.5 Å². The highest BCUT2D eigenvalue weighted by atomic mass is 35.5. The lowest BCUT2D eigenvalue weighted by Crippen LogP contribution is -2.36. The number of halogens is 1. The second-order valence-electron chi connectivity index (χ2n) is 5.43. The van der Waals surface area contributed by atoms with Gasteiger partial charge in [-0.25, -0.2) is 0 Å². The largest absolute Gasteiger partial charge is 0.325 e. The van der Waals surface area contributed by atoms with Crippen molar-refractivity contribution in [2.75, 3.05) is 16.8 Å². The minimum atomic E-state index is -0.261. The molecule has 2 aromatic rings. The van der Waals surface area contributed by atoms with Crippen molar-refractivity contribution in [3.63, 3.8) is 0 Å². The third-order valence-corrected chi connectivity index (χ3v) is 3.83. The van der Waals surface area contributed by atoms with Gasteiger partial charge in [-0.15, -0.1) is 0 Å². The van der Waals surface area contributed by atoms with Gasteiger partial charge in [0.1, 0.15) is 6.54 Å². The zero-order chi connectivity index (χ0) is 17.0. The maximum absolute atomic E-state index is 12.2. The molecule has 0 aromatic heterocycles. The van der Waals surface area contributed by atoms with Crippen molar-refractivity contribution in [3.8, 4) is 0 Å². The minimum Gasteiger partial charge on any atom is -0.325 e. The van der Waals surface area contributed by atoms with Gasteiger partial charge in [0.25, 0.3) is 0 Å². The Morgan fingerprint density at radius 2 is 1.83 bits per heavy atom. The van der Waals surface area contributed by atoms with Crippen LogP contribution in [0, 0.1) is 13.8 Å². The standard InChI is InChI=1S/C18H19ClN2O2/c1-12-7-8-16(9-13(12)2)20-18(23)11-21(14(3)22)17-6-4-5-15(19)10-17/h4-10H,11H2,1-3H3,(H,20,23). The van der Waals surface area contributed by atoms with E-state index in [0.717, 1.165) is 11.1 Å². The molecule has 0 spiro atoms. The number of anilines is 2. The van der Waals surface area contributed by atoms with Gasteiger partial charge in [-0.05, 0) is 55.3 Å². The van der Waals surface area contributed by atoms with Crippen LogP contribution in [-0.2, 0) is 9.59 Å². The van der Waals surface area contributed by atoms with Gasteiger partial charge in [0.05, 0.1) is 0 Å². The Hall–Kier alpha value is -2.33. The van der Waals surface area contributed by atoms with Gasteiger partial charge in [0.2, 0.25) is 11.8 Å². The van der Waals surface area contributed by atoms with E-state index in [9.17, 15) is 9.59 Å².